The van der Waals surface area contributed by atoms with E-state index in [0.717, 1.165) is 32.1 Å². The van der Waals surface area contributed by atoms with Gasteiger partial charge in [0.25, 0.3) is 0 Å². The van der Waals surface area contributed by atoms with Crippen molar-refractivity contribution < 1.29 is 13.5 Å². The first-order valence-corrected chi connectivity index (χ1v) is 11.5. The second-order valence-electron chi connectivity index (χ2n) is 7.98. The van der Waals surface area contributed by atoms with Crippen molar-refractivity contribution >= 4 is 10.8 Å². The van der Waals surface area contributed by atoms with Gasteiger partial charge in [-0.25, -0.2) is 9.18 Å². The minimum atomic E-state index is -0.605. The van der Waals surface area contributed by atoms with E-state index in [9.17, 15) is 9.18 Å². The third-order valence-electron chi connectivity index (χ3n) is 5.42. The van der Waals surface area contributed by atoms with E-state index in [1.54, 1.807) is 18.2 Å². The second kappa shape index (κ2) is 13.4. The van der Waals surface area contributed by atoms with Gasteiger partial charge in [-0.3, -0.25) is 0 Å². The van der Waals surface area contributed by atoms with E-state index in [2.05, 4.69) is 13.8 Å². The molecule has 0 saturated carbocycles. The van der Waals surface area contributed by atoms with Gasteiger partial charge in [-0.1, -0.05) is 84.1 Å². The molecule has 2 aromatic rings. The summed E-state index contributed by atoms with van der Waals surface area (Å²) >= 11 is 0. The molecular formula is C25H37FO3. The molecule has 0 radical (unpaired) electrons. The molecule has 29 heavy (non-hydrogen) atoms. The molecule has 162 valence electrons. The van der Waals surface area contributed by atoms with Crippen LogP contribution in [0.4, 0.5) is 4.39 Å². The molecule has 0 spiro atoms. The second-order valence-corrected chi connectivity index (χ2v) is 7.98. The summed E-state index contributed by atoms with van der Waals surface area (Å²) in [6, 6.07) is 5.18. The van der Waals surface area contributed by atoms with E-state index in [1.807, 2.05) is 0 Å². The zero-order valence-electron chi connectivity index (χ0n) is 18.2. The number of ether oxygens (including phenoxy) is 1. The number of aryl methyl sites for hydroxylation is 1. The number of fused-ring (bicyclic) bond motifs is 1. The zero-order chi connectivity index (χ0) is 20.9. The molecule has 2 rings (SSSR count). The van der Waals surface area contributed by atoms with E-state index in [0.29, 0.717) is 17.8 Å². The van der Waals surface area contributed by atoms with Gasteiger partial charge in [-0.15, -0.1) is 0 Å². The summed E-state index contributed by atoms with van der Waals surface area (Å²) in [5.41, 5.74) is -0.605. The topological polar surface area (TPSA) is 39.4 Å². The van der Waals surface area contributed by atoms with Gasteiger partial charge in [0, 0.05) is 6.42 Å². The van der Waals surface area contributed by atoms with Gasteiger partial charge in [-0.2, -0.15) is 0 Å². The van der Waals surface area contributed by atoms with Crippen molar-refractivity contribution in [3.05, 3.63) is 40.2 Å². The van der Waals surface area contributed by atoms with E-state index < -0.39 is 11.4 Å². The maximum absolute atomic E-state index is 14.8. The average molecular weight is 405 g/mol. The zero-order valence-corrected chi connectivity index (χ0v) is 18.2. The number of rotatable bonds is 15. The monoisotopic (exact) mass is 404 g/mol. The largest absolute Gasteiger partial charge is 0.490 e. The van der Waals surface area contributed by atoms with Crippen molar-refractivity contribution in [2.45, 2.75) is 97.3 Å². The third-order valence-corrected chi connectivity index (χ3v) is 5.42. The highest BCUT2D eigenvalue weighted by Crippen LogP contribution is 2.25. The van der Waals surface area contributed by atoms with Gasteiger partial charge < -0.3 is 9.15 Å². The summed E-state index contributed by atoms with van der Waals surface area (Å²) in [7, 11) is 0. The van der Waals surface area contributed by atoms with E-state index in [1.165, 1.54) is 51.4 Å². The molecule has 0 saturated heterocycles. The smallest absolute Gasteiger partial charge is 0.346 e. The van der Waals surface area contributed by atoms with Crippen LogP contribution in [0.5, 0.6) is 5.75 Å². The van der Waals surface area contributed by atoms with Crippen molar-refractivity contribution in [3.63, 3.8) is 0 Å². The maximum Gasteiger partial charge on any atom is 0.346 e. The Balaban J connectivity index is 1.90. The fourth-order valence-electron chi connectivity index (χ4n) is 3.65. The minimum Gasteiger partial charge on any atom is -0.490 e. The Morgan fingerprint density at radius 3 is 2.17 bits per heavy atom. The molecule has 0 atom stereocenters. The lowest BCUT2D eigenvalue weighted by atomic mass is 10.1. The molecule has 4 heteroatoms. The number of hydrogen-bond donors (Lipinski definition) is 0. The molecule has 0 N–H and O–H groups in total. The molecule has 0 aliphatic heterocycles. The van der Waals surface area contributed by atoms with Gasteiger partial charge in [0.2, 0.25) is 0 Å². The molecular weight excluding hydrogens is 367 g/mol. The maximum atomic E-state index is 14.8. The highest BCUT2D eigenvalue weighted by Gasteiger charge is 2.14. The van der Waals surface area contributed by atoms with Crippen LogP contribution in [0.2, 0.25) is 0 Å². The lowest BCUT2D eigenvalue weighted by Gasteiger charge is -2.09. The molecule has 0 aliphatic rings. The van der Waals surface area contributed by atoms with Crippen molar-refractivity contribution in [1.82, 2.24) is 0 Å². The van der Waals surface area contributed by atoms with Gasteiger partial charge >= 0.3 is 5.63 Å². The summed E-state index contributed by atoms with van der Waals surface area (Å²) in [5, 5.41) is 0.587. The molecule has 0 fully saturated rings. The molecule has 1 aromatic heterocycles. The van der Waals surface area contributed by atoms with Crippen LogP contribution in [0, 0.1) is 5.82 Å². The average Bonchev–Trinajstić information content (AvgIpc) is 2.71. The summed E-state index contributed by atoms with van der Waals surface area (Å²) in [4.78, 5) is 12.4. The van der Waals surface area contributed by atoms with Crippen LogP contribution in [-0.4, -0.2) is 6.61 Å². The minimum absolute atomic E-state index is 0.00296. The predicted octanol–water partition coefficient (Wildman–Crippen LogP) is 7.57. The Labute approximate surface area is 174 Å². The predicted molar refractivity (Wildman–Crippen MR) is 118 cm³/mol. The van der Waals surface area contributed by atoms with Gasteiger partial charge in [0.15, 0.2) is 11.6 Å². The standard InChI is InChI=1S/C25H37FO3/c1-3-5-7-9-10-11-13-15-21-19-20-16-17-22(24(26)23(20)25(27)29-21)28-18-14-12-8-6-4-2/h16-17,19H,3-15,18H2,1-2H3. The normalized spacial score (nSPS) is 11.3. The third kappa shape index (κ3) is 7.83. The van der Waals surface area contributed by atoms with Crippen LogP contribution >= 0.6 is 0 Å². The number of benzene rings is 1. The lowest BCUT2D eigenvalue weighted by Crippen LogP contribution is -2.07. The van der Waals surface area contributed by atoms with Gasteiger partial charge in [0.05, 0.1) is 6.61 Å². The molecule has 0 bridgehead atoms. The first kappa shape index (κ1) is 23.4. The molecule has 0 unspecified atom stereocenters. The molecule has 0 aliphatic carbocycles. The highest BCUT2D eigenvalue weighted by atomic mass is 19.1. The van der Waals surface area contributed by atoms with Gasteiger partial charge in [-0.05, 0) is 30.4 Å². The first-order chi connectivity index (χ1) is 14.2. The van der Waals surface area contributed by atoms with Crippen LogP contribution in [0.25, 0.3) is 10.8 Å². The summed E-state index contributed by atoms with van der Waals surface area (Å²) in [5.74, 6) is 0.174. The molecule has 3 nitrogen and oxygen atoms in total. The summed E-state index contributed by atoms with van der Waals surface area (Å²) in [6.07, 6.45) is 14.7. The number of hydrogen-bond acceptors (Lipinski definition) is 3. The molecule has 1 heterocycles. The molecule has 1 aromatic carbocycles. The molecule has 0 amide bonds. The van der Waals surface area contributed by atoms with E-state index in [4.69, 9.17) is 9.15 Å². The van der Waals surface area contributed by atoms with Crippen LogP contribution < -0.4 is 10.4 Å². The fourth-order valence-corrected chi connectivity index (χ4v) is 3.65. The van der Waals surface area contributed by atoms with Crippen molar-refractivity contribution in [3.8, 4) is 5.75 Å². The highest BCUT2D eigenvalue weighted by molar-refractivity contribution is 5.83. The van der Waals surface area contributed by atoms with Crippen molar-refractivity contribution in [1.29, 1.82) is 0 Å². The summed E-state index contributed by atoms with van der Waals surface area (Å²) < 4.78 is 25.7. The van der Waals surface area contributed by atoms with Crippen LogP contribution in [-0.2, 0) is 6.42 Å². The van der Waals surface area contributed by atoms with Crippen LogP contribution in [0.3, 0.4) is 0 Å². The van der Waals surface area contributed by atoms with E-state index in [-0.39, 0.29) is 11.1 Å². The number of unbranched alkanes of at least 4 members (excludes halogenated alkanes) is 10. The van der Waals surface area contributed by atoms with Crippen LogP contribution in [0.1, 0.15) is 96.7 Å². The quantitative estimate of drug-likeness (QED) is 0.287. The Morgan fingerprint density at radius 2 is 1.48 bits per heavy atom. The van der Waals surface area contributed by atoms with Crippen molar-refractivity contribution in [2.75, 3.05) is 6.61 Å². The Morgan fingerprint density at radius 1 is 0.862 bits per heavy atom. The lowest BCUT2D eigenvalue weighted by molar-refractivity contribution is 0.291. The Hall–Kier alpha value is -1.84. The Bertz CT molecular complexity index is 781. The number of halogens is 1. The van der Waals surface area contributed by atoms with Crippen LogP contribution in [0.15, 0.2) is 27.4 Å². The van der Waals surface area contributed by atoms with Crippen molar-refractivity contribution in [2.24, 2.45) is 0 Å². The first-order valence-electron chi connectivity index (χ1n) is 11.5. The van der Waals surface area contributed by atoms with E-state index >= 15 is 0 Å². The Kier molecular flexibility index (Phi) is 10.8. The van der Waals surface area contributed by atoms with Gasteiger partial charge in [0.1, 0.15) is 11.1 Å². The summed E-state index contributed by atoms with van der Waals surface area (Å²) in [6.45, 7) is 4.86. The SMILES string of the molecule is CCCCCCCCCc1cc2ccc(OCCCCCCC)c(F)c2c(=O)o1. The fraction of sp³-hybridized carbons (Fsp3) is 0.640.